The highest BCUT2D eigenvalue weighted by molar-refractivity contribution is 8.01. The molecule has 1 aromatic heterocycles. The Kier molecular flexibility index (Phi) is 4.55. The van der Waals surface area contributed by atoms with Gasteiger partial charge in [-0.25, -0.2) is 4.98 Å². The molecule has 2 atom stereocenters. The summed E-state index contributed by atoms with van der Waals surface area (Å²) in [6.07, 6.45) is 4.87. The molecule has 1 saturated heterocycles. The Balaban J connectivity index is 1.40. The highest BCUT2D eigenvalue weighted by Crippen LogP contribution is 2.31. The van der Waals surface area contributed by atoms with Crippen molar-refractivity contribution in [3.05, 3.63) is 24.3 Å². The van der Waals surface area contributed by atoms with Gasteiger partial charge in [-0.1, -0.05) is 36.7 Å². The predicted molar refractivity (Wildman–Crippen MR) is 94.1 cm³/mol. The van der Waals surface area contributed by atoms with Gasteiger partial charge in [-0.05, 0) is 25.0 Å². The van der Waals surface area contributed by atoms with E-state index in [4.69, 9.17) is 4.74 Å². The van der Waals surface area contributed by atoms with E-state index in [1.54, 1.807) is 23.1 Å². The zero-order chi connectivity index (χ0) is 15.6. The summed E-state index contributed by atoms with van der Waals surface area (Å²) in [4.78, 5) is 19.3. The zero-order valence-electron chi connectivity index (χ0n) is 12.9. The van der Waals surface area contributed by atoms with Gasteiger partial charge < -0.3 is 9.64 Å². The van der Waals surface area contributed by atoms with Crippen LogP contribution in [0.4, 0.5) is 0 Å². The molecule has 2 heterocycles. The Morgan fingerprint density at radius 1 is 1.35 bits per heavy atom. The largest absolute Gasteiger partial charge is 0.374 e. The first kappa shape index (κ1) is 15.4. The lowest BCUT2D eigenvalue weighted by Crippen LogP contribution is -2.55. The predicted octanol–water partition coefficient (Wildman–Crippen LogP) is 3.56. The number of thioether (sulfide) groups is 1. The molecule has 0 bridgehead atoms. The van der Waals surface area contributed by atoms with E-state index in [1.807, 2.05) is 18.2 Å². The summed E-state index contributed by atoms with van der Waals surface area (Å²) in [6, 6.07) is 8.41. The molecule has 0 N–H and O–H groups in total. The molecule has 4 rings (SSSR count). The van der Waals surface area contributed by atoms with Gasteiger partial charge in [0.15, 0.2) is 4.34 Å². The average molecular weight is 348 g/mol. The molecule has 1 aliphatic heterocycles. The SMILES string of the molecule is O=C(CSc1nc2ccccc2s1)N1CCO[C@H]2CCCC[C@H]21. The molecule has 122 valence electrons. The summed E-state index contributed by atoms with van der Waals surface area (Å²) in [5, 5.41) is 0. The van der Waals surface area contributed by atoms with E-state index in [0.29, 0.717) is 18.4 Å². The van der Waals surface area contributed by atoms with Gasteiger partial charge in [-0.2, -0.15) is 0 Å². The Bertz CT molecular complexity index is 668. The van der Waals surface area contributed by atoms with E-state index in [0.717, 1.165) is 29.2 Å². The Morgan fingerprint density at radius 3 is 3.13 bits per heavy atom. The molecular formula is C17H20N2O2S2. The fourth-order valence-electron chi connectivity index (χ4n) is 3.53. The number of carbonyl (C=O) groups excluding carboxylic acids is 1. The minimum absolute atomic E-state index is 0.231. The third-order valence-corrected chi connectivity index (χ3v) is 6.81. The fourth-order valence-corrected chi connectivity index (χ4v) is 5.48. The summed E-state index contributed by atoms with van der Waals surface area (Å²) in [5.41, 5.74) is 1.02. The number of amides is 1. The zero-order valence-corrected chi connectivity index (χ0v) is 14.6. The van der Waals surface area contributed by atoms with Crippen LogP contribution in [0.2, 0.25) is 0 Å². The van der Waals surface area contributed by atoms with Crippen LogP contribution in [0.1, 0.15) is 25.7 Å². The first-order valence-corrected chi connectivity index (χ1v) is 10.0. The first-order chi connectivity index (χ1) is 11.3. The van der Waals surface area contributed by atoms with E-state index in [9.17, 15) is 4.79 Å². The molecule has 0 radical (unpaired) electrons. The van der Waals surface area contributed by atoms with Crippen LogP contribution in [0.25, 0.3) is 10.2 Å². The number of morpholine rings is 1. The lowest BCUT2D eigenvalue weighted by molar-refractivity contribution is -0.146. The summed E-state index contributed by atoms with van der Waals surface area (Å²) >= 11 is 3.23. The van der Waals surface area contributed by atoms with Crippen LogP contribution in [-0.4, -0.2) is 46.8 Å². The van der Waals surface area contributed by atoms with Crippen molar-refractivity contribution in [2.24, 2.45) is 0 Å². The van der Waals surface area contributed by atoms with Gasteiger partial charge in [0.2, 0.25) is 5.91 Å². The summed E-state index contributed by atoms with van der Waals surface area (Å²) < 4.78 is 8.02. The monoisotopic (exact) mass is 348 g/mol. The van der Waals surface area contributed by atoms with Crippen LogP contribution < -0.4 is 0 Å². The van der Waals surface area contributed by atoms with Crippen LogP contribution in [-0.2, 0) is 9.53 Å². The normalized spacial score (nSPS) is 24.6. The van der Waals surface area contributed by atoms with E-state index in [2.05, 4.69) is 16.0 Å². The highest BCUT2D eigenvalue weighted by Gasteiger charge is 2.36. The second-order valence-electron chi connectivity index (χ2n) is 6.08. The van der Waals surface area contributed by atoms with Crippen molar-refractivity contribution in [1.29, 1.82) is 0 Å². The van der Waals surface area contributed by atoms with Gasteiger partial charge in [0, 0.05) is 6.54 Å². The number of rotatable bonds is 3. The van der Waals surface area contributed by atoms with E-state index in [-0.39, 0.29) is 12.0 Å². The van der Waals surface area contributed by atoms with E-state index in [1.165, 1.54) is 17.5 Å². The van der Waals surface area contributed by atoms with E-state index < -0.39 is 0 Å². The fraction of sp³-hybridized carbons (Fsp3) is 0.529. The molecule has 1 amide bonds. The molecule has 1 saturated carbocycles. The molecule has 6 heteroatoms. The second-order valence-corrected chi connectivity index (χ2v) is 8.34. The van der Waals surface area contributed by atoms with Crippen LogP contribution >= 0.6 is 23.1 Å². The quantitative estimate of drug-likeness (QED) is 0.796. The van der Waals surface area contributed by atoms with Crippen molar-refractivity contribution in [2.45, 2.75) is 42.2 Å². The van der Waals surface area contributed by atoms with Crippen LogP contribution in [0.15, 0.2) is 28.6 Å². The molecule has 2 aliphatic rings. The number of hydrogen-bond acceptors (Lipinski definition) is 5. The highest BCUT2D eigenvalue weighted by atomic mass is 32.2. The van der Waals surface area contributed by atoms with E-state index >= 15 is 0 Å². The molecule has 1 aromatic carbocycles. The maximum atomic E-state index is 12.7. The number of fused-ring (bicyclic) bond motifs is 2. The summed E-state index contributed by atoms with van der Waals surface area (Å²) in [7, 11) is 0. The minimum Gasteiger partial charge on any atom is -0.374 e. The van der Waals surface area contributed by atoms with Crippen molar-refractivity contribution in [1.82, 2.24) is 9.88 Å². The van der Waals surface area contributed by atoms with Crippen molar-refractivity contribution >= 4 is 39.2 Å². The lowest BCUT2D eigenvalue weighted by Gasteiger charge is -2.43. The number of nitrogens with zero attached hydrogens (tertiary/aromatic N) is 2. The minimum atomic E-state index is 0.231. The molecule has 2 aromatic rings. The van der Waals surface area contributed by atoms with Gasteiger partial charge in [0.1, 0.15) is 0 Å². The van der Waals surface area contributed by atoms with Gasteiger partial charge in [-0.15, -0.1) is 11.3 Å². The molecule has 0 spiro atoms. The lowest BCUT2D eigenvalue weighted by atomic mass is 9.90. The van der Waals surface area contributed by atoms with Gasteiger partial charge in [0.25, 0.3) is 0 Å². The molecule has 23 heavy (non-hydrogen) atoms. The standard InChI is InChI=1S/C17H20N2O2S2/c20-16(19-9-10-21-14-7-3-2-6-13(14)19)11-22-17-18-12-5-1-4-8-15(12)23-17/h1,4-5,8,13-14H,2-3,6-7,9-11H2/t13-,14+/m1/s1. The van der Waals surface area contributed by atoms with Crippen molar-refractivity contribution < 1.29 is 9.53 Å². The average Bonchev–Trinajstić information content (AvgIpc) is 3.02. The third kappa shape index (κ3) is 3.25. The molecular weight excluding hydrogens is 328 g/mol. The maximum Gasteiger partial charge on any atom is 0.233 e. The summed E-state index contributed by atoms with van der Waals surface area (Å²) in [6.45, 7) is 1.42. The van der Waals surface area contributed by atoms with Crippen LogP contribution in [0.5, 0.6) is 0 Å². The third-order valence-electron chi connectivity index (χ3n) is 4.65. The molecule has 0 unspecified atom stereocenters. The molecule has 1 aliphatic carbocycles. The van der Waals surface area contributed by atoms with Gasteiger partial charge in [-0.3, -0.25) is 4.79 Å². The molecule has 4 nitrogen and oxygen atoms in total. The Morgan fingerprint density at radius 2 is 2.22 bits per heavy atom. The van der Waals surface area contributed by atoms with Gasteiger partial charge in [0.05, 0.1) is 34.7 Å². The number of hydrogen-bond donors (Lipinski definition) is 0. The number of aromatic nitrogens is 1. The maximum absolute atomic E-state index is 12.7. The van der Waals surface area contributed by atoms with Crippen LogP contribution in [0.3, 0.4) is 0 Å². The number of benzene rings is 1. The number of carbonyl (C=O) groups is 1. The number of thiazole rings is 1. The second kappa shape index (κ2) is 6.79. The van der Waals surface area contributed by atoms with Crippen molar-refractivity contribution in [2.75, 3.05) is 18.9 Å². The van der Waals surface area contributed by atoms with Crippen LogP contribution in [0, 0.1) is 0 Å². The van der Waals surface area contributed by atoms with Crippen molar-refractivity contribution in [3.63, 3.8) is 0 Å². The Hall–Kier alpha value is -1.11. The first-order valence-electron chi connectivity index (χ1n) is 8.21. The number of para-hydroxylation sites is 1. The van der Waals surface area contributed by atoms with Crippen molar-refractivity contribution in [3.8, 4) is 0 Å². The van der Waals surface area contributed by atoms with Gasteiger partial charge >= 0.3 is 0 Å². The number of ether oxygens (including phenoxy) is 1. The summed E-state index contributed by atoms with van der Waals surface area (Å²) in [5.74, 6) is 0.706. The molecule has 2 fully saturated rings. The smallest absolute Gasteiger partial charge is 0.233 e. The Labute approximate surface area is 144 Å². The topological polar surface area (TPSA) is 42.4 Å².